The van der Waals surface area contributed by atoms with Crippen molar-refractivity contribution in [3.05, 3.63) is 93.6 Å². The minimum Gasteiger partial charge on any atom is -0.502 e. The second kappa shape index (κ2) is 14.1. The number of aryl methyl sites for hydroxylation is 7. The van der Waals surface area contributed by atoms with Crippen LogP contribution in [0.3, 0.4) is 0 Å². The standard InChI is InChI=1S/C21H27N2.C12H14O2.2ClH.Ru/c1-14-9-16(3)20(17(4)10-14)22-7-8-23(13-22)21-18(5)11-15(2)12-19(21)6;1-8-5-6-12(9(2)7-8)14-11(4)10(3)13;;;/h9-13H,7-8H2,1-6H3;2,5-7,11H,1,3-4H3;2*1H;/q-1;;;;+2/p-2. The molecule has 1 atom stereocenters. The Kier molecular flexibility index (Phi) is 11.4. The Balaban J connectivity index is 0.000000232. The van der Waals surface area contributed by atoms with Gasteiger partial charge in [-0.15, -0.1) is 0 Å². The second-order valence-electron chi connectivity index (χ2n) is 10.7. The van der Waals surface area contributed by atoms with Gasteiger partial charge in [0.1, 0.15) is 0 Å². The van der Waals surface area contributed by atoms with Crippen molar-refractivity contribution in [3.63, 3.8) is 0 Å². The van der Waals surface area contributed by atoms with Crippen LogP contribution in [0, 0.1) is 55.1 Å². The number of hydrogen-bond acceptors (Lipinski definition) is 4. The average Bonchev–Trinajstić information content (AvgIpc) is 3.28. The van der Waals surface area contributed by atoms with Crippen LogP contribution in [-0.4, -0.2) is 29.6 Å². The van der Waals surface area contributed by atoms with Crippen molar-refractivity contribution >= 4 is 41.1 Å². The molecule has 7 heteroatoms. The van der Waals surface area contributed by atoms with Crippen molar-refractivity contribution in [2.45, 2.75) is 68.4 Å². The number of rotatable bonds is 6. The molecular weight excluding hydrogens is 628 g/mol. The third kappa shape index (κ3) is 8.41. The summed E-state index contributed by atoms with van der Waals surface area (Å²) in [5, 5.41) is 0. The average molecular weight is 670 g/mol. The Morgan fingerprint density at radius 1 is 0.825 bits per heavy atom. The predicted octanol–water partition coefficient (Wildman–Crippen LogP) is 8.41. The molecule has 0 amide bonds. The zero-order chi connectivity index (χ0) is 29.7. The maximum atomic E-state index is 11.2. The van der Waals surface area contributed by atoms with E-state index in [2.05, 4.69) is 82.3 Å². The molecule has 0 N–H and O–H groups in total. The molecule has 0 aliphatic carbocycles. The number of carbonyl (C=O) groups is 1. The summed E-state index contributed by atoms with van der Waals surface area (Å²) in [6.07, 6.45) is -0.462. The molecule has 1 fully saturated rings. The van der Waals surface area contributed by atoms with Crippen LogP contribution in [0.15, 0.2) is 42.5 Å². The number of halogens is 2. The normalized spacial score (nSPS) is 13.9. The first kappa shape index (κ1) is 32.3. The monoisotopic (exact) mass is 669 g/mol. The van der Waals surface area contributed by atoms with Crippen LogP contribution in [0.25, 0.3) is 0 Å². The van der Waals surface area contributed by atoms with E-state index >= 15 is 0 Å². The zero-order valence-electron chi connectivity index (χ0n) is 25.0. The number of ether oxygens (including phenoxy) is 1. The number of benzene rings is 3. The number of Topliss-reactive ketones (excluding diaryl/α,β-unsaturated/α-hetero) is 1. The summed E-state index contributed by atoms with van der Waals surface area (Å²) in [4.78, 5) is 16.0. The van der Waals surface area contributed by atoms with Crippen molar-refractivity contribution in [1.82, 2.24) is 0 Å². The molecule has 0 spiro atoms. The quantitative estimate of drug-likeness (QED) is 0.195. The van der Waals surface area contributed by atoms with Crippen molar-refractivity contribution in [2.24, 2.45) is 0 Å². The maximum Gasteiger partial charge on any atom is 0.0146 e. The van der Waals surface area contributed by atoms with E-state index in [1.807, 2.05) is 29.7 Å². The van der Waals surface area contributed by atoms with Crippen LogP contribution in [0.2, 0.25) is 0 Å². The Morgan fingerprint density at radius 3 is 1.68 bits per heavy atom. The summed E-state index contributed by atoms with van der Waals surface area (Å²) in [6.45, 7) is 22.8. The van der Waals surface area contributed by atoms with Gasteiger partial charge in [-0.3, -0.25) is 0 Å². The van der Waals surface area contributed by atoms with E-state index in [0.717, 1.165) is 24.2 Å². The van der Waals surface area contributed by atoms with Gasteiger partial charge in [0.2, 0.25) is 0 Å². The number of ketones is 1. The summed E-state index contributed by atoms with van der Waals surface area (Å²) in [5.74, 6) is 0.640. The number of hydrogen-bond donors (Lipinski definition) is 0. The topological polar surface area (TPSA) is 32.8 Å². The molecule has 0 bridgehead atoms. The van der Waals surface area contributed by atoms with Gasteiger partial charge in [0.25, 0.3) is 0 Å². The molecule has 0 aromatic heterocycles. The van der Waals surface area contributed by atoms with Gasteiger partial charge >= 0.3 is 115 Å². The van der Waals surface area contributed by atoms with Gasteiger partial charge in [0, 0.05) is 24.5 Å². The Morgan fingerprint density at radius 2 is 1.27 bits per heavy atom. The van der Waals surface area contributed by atoms with Gasteiger partial charge in [-0.25, -0.2) is 0 Å². The van der Waals surface area contributed by atoms with Crippen LogP contribution in [0.4, 0.5) is 11.4 Å². The van der Waals surface area contributed by atoms with Crippen LogP contribution in [0.1, 0.15) is 58.4 Å². The van der Waals surface area contributed by atoms with Crippen LogP contribution in [-0.2, 0) is 18.3 Å². The molecule has 4 rings (SSSR count). The number of carbonyl (C=O) groups excluding carboxylic acids is 1. The summed E-state index contributed by atoms with van der Waals surface area (Å²) < 4.78 is 7.41. The number of anilines is 2. The molecule has 3 aromatic rings. The number of nitrogens with zero attached hydrogens (tertiary/aromatic N) is 2. The molecule has 0 saturated carbocycles. The minimum atomic E-state index is -1.90. The van der Waals surface area contributed by atoms with Gasteiger partial charge in [-0.1, -0.05) is 35.4 Å². The van der Waals surface area contributed by atoms with Gasteiger partial charge in [0.15, 0.2) is 0 Å². The van der Waals surface area contributed by atoms with E-state index in [-0.39, 0.29) is 5.78 Å². The molecule has 1 saturated heterocycles. The molecule has 0 radical (unpaired) electrons. The van der Waals surface area contributed by atoms with E-state index in [1.54, 1.807) is 6.92 Å². The molecule has 3 aromatic carbocycles. The van der Waals surface area contributed by atoms with E-state index in [9.17, 15) is 4.79 Å². The third-order valence-corrected chi connectivity index (χ3v) is 8.77. The summed E-state index contributed by atoms with van der Waals surface area (Å²) >= 11 is -1.90. The molecule has 1 aliphatic rings. The third-order valence-electron chi connectivity index (χ3n) is 6.93. The van der Waals surface area contributed by atoms with Crippen molar-refractivity contribution in [2.75, 3.05) is 22.9 Å². The fourth-order valence-corrected chi connectivity index (χ4v) is 7.08. The Hall–Kier alpha value is -2.20. The van der Waals surface area contributed by atoms with E-state index in [4.69, 9.17) is 24.1 Å². The van der Waals surface area contributed by atoms with Gasteiger partial charge < -0.3 is 9.80 Å². The smallest absolute Gasteiger partial charge is 0.0146 e. The first-order chi connectivity index (χ1) is 18.8. The Bertz CT molecular complexity index is 1310. The van der Waals surface area contributed by atoms with Crippen molar-refractivity contribution in [3.8, 4) is 5.75 Å². The van der Waals surface area contributed by atoms with Crippen LogP contribution in [0.5, 0.6) is 5.75 Å². The van der Waals surface area contributed by atoms with Crippen molar-refractivity contribution in [1.29, 1.82) is 0 Å². The van der Waals surface area contributed by atoms with E-state index in [1.165, 1.54) is 51.7 Å². The fraction of sp³-hybridized carbons (Fsp3) is 0.364. The molecule has 1 aliphatic heterocycles. The second-order valence-corrected chi connectivity index (χ2v) is 16.4. The molecule has 40 heavy (non-hydrogen) atoms. The van der Waals surface area contributed by atoms with Gasteiger partial charge in [-0.2, -0.15) is 6.67 Å². The first-order valence-electron chi connectivity index (χ1n) is 13.4. The molecule has 1 unspecified atom stereocenters. The molecule has 1 heterocycles. The van der Waals surface area contributed by atoms with Gasteiger partial charge in [-0.05, 0) is 63.8 Å². The SMILES string of the molecule is CC(=O)C(C)Oc1ccc(C)cc1[CH]=[Ru]([Cl])[Cl].Cc1cc(C)c(N2[CH-]N(c3c(C)cc(C)cc3C)CC2)c(C)c1. The minimum absolute atomic E-state index is 0.0116. The largest absolute Gasteiger partial charge is 0.502 e. The van der Waals surface area contributed by atoms with Gasteiger partial charge in [0.05, 0.1) is 0 Å². The summed E-state index contributed by atoms with van der Waals surface area (Å²) in [5.41, 5.74) is 12.8. The van der Waals surface area contributed by atoms with Crippen molar-refractivity contribution < 1.29 is 23.0 Å². The molecule has 218 valence electrons. The van der Waals surface area contributed by atoms with Crippen LogP contribution >= 0.6 is 19.4 Å². The maximum absolute atomic E-state index is 11.2. The van der Waals surface area contributed by atoms with Crippen LogP contribution < -0.4 is 14.5 Å². The van der Waals surface area contributed by atoms with E-state index < -0.39 is 19.6 Å². The van der Waals surface area contributed by atoms with E-state index in [0.29, 0.717) is 5.75 Å². The summed E-state index contributed by atoms with van der Waals surface area (Å²) in [7, 11) is 11.7. The summed E-state index contributed by atoms with van der Waals surface area (Å²) in [6, 6.07) is 14.8. The molecule has 4 nitrogen and oxygen atoms in total. The predicted molar refractivity (Wildman–Crippen MR) is 169 cm³/mol. The first-order valence-corrected chi connectivity index (χ1v) is 18.9. The molecular formula is C33H41Cl2N2O2Ru-. The zero-order valence-corrected chi connectivity index (χ0v) is 28.3. The fourth-order valence-electron chi connectivity index (χ4n) is 5.30. The Labute approximate surface area is 253 Å².